The fourth-order valence-electron chi connectivity index (χ4n) is 4.13. The second-order valence-corrected chi connectivity index (χ2v) is 7.15. The minimum atomic E-state index is -0.334. The first kappa shape index (κ1) is 15.4. The number of aryl methyl sites for hydroxylation is 1. The molecule has 0 spiro atoms. The smallest absolute Gasteiger partial charge is 0.332 e. The van der Waals surface area contributed by atoms with E-state index in [-0.39, 0.29) is 11.2 Å². The zero-order valence-corrected chi connectivity index (χ0v) is 14.5. The number of hydrogen-bond donors (Lipinski definition) is 0. The van der Waals surface area contributed by atoms with Crippen LogP contribution in [-0.2, 0) is 20.6 Å². The summed E-state index contributed by atoms with van der Waals surface area (Å²) < 4.78 is 4.63. The third kappa shape index (κ3) is 2.20. The number of aromatic nitrogens is 4. The summed E-state index contributed by atoms with van der Waals surface area (Å²) in [5, 5.41) is 0. The van der Waals surface area contributed by atoms with E-state index in [0.29, 0.717) is 17.1 Å². The van der Waals surface area contributed by atoms with Gasteiger partial charge in [0.25, 0.3) is 5.56 Å². The lowest BCUT2D eigenvalue weighted by molar-refractivity contribution is 0.254. The zero-order chi connectivity index (χ0) is 17.0. The number of anilines is 1. The summed E-state index contributed by atoms with van der Waals surface area (Å²) in [6, 6.07) is 0. The molecular weight excluding hydrogens is 308 g/mol. The van der Waals surface area contributed by atoms with Crippen molar-refractivity contribution in [1.29, 1.82) is 0 Å². The highest BCUT2D eigenvalue weighted by Gasteiger charge is 2.29. The number of nitrogens with zero attached hydrogens (tertiary/aromatic N) is 6. The van der Waals surface area contributed by atoms with Gasteiger partial charge in [-0.05, 0) is 25.9 Å². The molecule has 2 aliphatic rings. The van der Waals surface area contributed by atoms with Crippen LogP contribution in [0.2, 0.25) is 0 Å². The third-order valence-corrected chi connectivity index (χ3v) is 5.36. The van der Waals surface area contributed by atoms with Gasteiger partial charge in [-0.2, -0.15) is 4.98 Å². The van der Waals surface area contributed by atoms with Crippen LogP contribution in [0.4, 0.5) is 5.95 Å². The molecule has 130 valence electrons. The first-order chi connectivity index (χ1) is 11.5. The maximum atomic E-state index is 12.7. The molecule has 0 bridgehead atoms. The number of hydrogen-bond acceptors (Lipinski definition) is 5. The van der Waals surface area contributed by atoms with Crippen LogP contribution in [0.25, 0.3) is 11.2 Å². The summed E-state index contributed by atoms with van der Waals surface area (Å²) in [7, 11) is 5.21. The number of likely N-dealkylation sites (tertiary alicyclic amines) is 1. The Kier molecular flexibility index (Phi) is 3.52. The van der Waals surface area contributed by atoms with Gasteiger partial charge < -0.3 is 14.4 Å². The molecule has 1 fully saturated rings. The summed E-state index contributed by atoms with van der Waals surface area (Å²) >= 11 is 0. The van der Waals surface area contributed by atoms with E-state index in [1.54, 1.807) is 7.05 Å². The van der Waals surface area contributed by atoms with Crippen LogP contribution in [0.1, 0.15) is 12.8 Å². The number of fused-ring (bicyclic) bond motifs is 3. The molecule has 0 aliphatic carbocycles. The number of rotatable bonds is 2. The average molecular weight is 332 g/mol. The Hall–Kier alpha value is -2.09. The van der Waals surface area contributed by atoms with Gasteiger partial charge in [-0.1, -0.05) is 0 Å². The molecule has 0 radical (unpaired) electrons. The van der Waals surface area contributed by atoms with Gasteiger partial charge in [-0.25, -0.2) is 4.79 Å². The van der Waals surface area contributed by atoms with Crippen molar-refractivity contribution in [2.75, 3.05) is 38.1 Å². The van der Waals surface area contributed by atoms with Crippen molar-refractivity contribution in [2.45, 2.75) is 19.4 Å². The topological polar surface area (TPSA) is 68.3 Å². The van der Waals surface area contributed by atoms with E-state index >= 15 is 0 Å². The van der Waals surface area contributed by atoms with Crippen LogP contribution in [0.3, 0.4) is 0 Å². The molecule has 0 saturated carbocycles. The Bertz CT molecular complexity index is 902. The van der Waals surface area contributed by atoms with Gasteiger partial charge in [0.05, 0.1) is 0 Å². The molecule has 1 saturated heterocycles. The average Bonchev–Trinajstić information content (AvgIpc) is 3.18. The lowest BCUT2D eigenvalue weighted by Crippen LogP contribution is -2.42. The van der Waals surface area contributed by atoms with E-state index in [1.807, 2.05) is 11.6 Å². The van der Waals surface area contributed by atoms with E-state index in [2.05, 4.69) is 14.8 Å². The Labute approximate surface area is 139 Å². The van der Waals surface area contributed by atoms with E-state index < -0.39 is 0 Å². The van der Waals surface area contributed by atoms with Crippen LogP contribution in [-0.4, -0.2) is 56.8 Å². The van der Waals surface area contributed by atoms with Crippen molar-refractivity contribution < 1.29 is 0 Å². The Morgan fingerprint density at radius 1 is 1.04 bits per heavy atom. The highest BCUT2D eigenvalue weighted by molar-refractivity contribution is 5.74. The normalized spacial score (nSPS) is 21.6. The maximum absolute atomic E-state index is 12.7. The minimum Gasteiger partial charge on any atom is -0.345 e. The van der Waals surface area contributed by atoms with E-state index in [0.717, 1.165) is 25.6 Å². The van der Waals surface area contributed by atoms with Crippen LogP contribution in [0, 0.1) is 5.92 Å². The fourth-order valence-corrected chi connectivity index (χ4v) is 4.13. The SMILES string of the molecule is CN1CC(CN2CCCC2)Cn2c1nc1c2c(=O)n(C)c(=O)n1C. The van der Waals surface area contributed by atoms with Crippen molar-refractivity contribution >= 4 is 17.1 Å². The van der Waals surface area contributed by atoms with Crippen molar-refractivity contribution in [3.63, 3.8) is 0 Å². The van der Waals surface area contributed by atoms with Crippen LogP contribution < -0.4 is 16.1 Å². The summed E-state index contributed by atoms with van der Waals surface area (Å²) in [5.74, 6) is 1.24. The van der Waals surface area contributed by atoms with Gasteiger partial charge in [0.2, 0.25) is 5.95 Å². The zero-order valence-electron chi connectivity index (χ0n) is 14.5. The van der Waals surface area contributed by atoms with Gasteiger partial charge in [0, 0.05) is 46.7 Å². The van der Waals surface area contributed by atoms with Gasteiger partial charge >= 0.3 is 5.69 Å². The molecule has 2 aromatic heterocycles. The lowest BCUT2D eigenvalue weighted by Gasteiger charge is -2.33. The summed E-state index contributed by atoms with van der Waals surface area (Å²) in [4.78, 5) is 34.0. The molecule has 8 heteroatoms. The molecule has 1 unspecified atom stereocenters. The number of imidazole rings is 1. The van der Waals surface area contributed by atoms with Crippen LogP contribution >= 0.6 is 0 Å². The molecule has 0 aromatic carbocycles. The molecule has 4 heterocycles. The largest absolute Gasteiger partial charge is 0.345 e. The minimum absolute atomic E-state index is 0.262. The monoisotopic (exact) mass is 332 g/mol. The Balaban J connectivity index is 1.80. The van der Waals surface area contributed by atoms with Crippen molar-refractivity contribution in [2.24, 2.45) is 20.0 Å². The molecule has 24 heavy (non-hydrogen) atoms. The van der Waals surface area contributed by atoms with Crippen LogP contribution in [0.15, 0.2) is 9.59 Å². The Morgan fingerprint density at radius 2 is 1.75 bits per heavy atom. The first-order valence-corrected chi connectivity index (χ1v) is 8.57. The first-order valence-electron chi connectivity index (χ1n) is 8.57. The quantitative estimate of drug-likeness (QED) is 0.748. The Morgan fingerprint density at radius 3 is 2.46 bits per heavy atom. The summed E-state index contributed by atoms with van der Waals surface area (Å²) in [5.41, 5.74) is 0.417. The summed E-state index contributed by atoms with van der Waals surface area (Å²) in [6.45, 7) is 5.10. The van der Waals surface area contributed by atoms with E-state index in [4.69, 9.17) is 0 Å². The van der Waals surface area contributed by atoms with Crippen LogP contribution in [0.5, 0.6) is 0 Å². The lowest BCUT2D eigenvalue weighted by atomic mass is 10.1. The fraction of sp³-hybridized carbons (Fsp3) is 0.688. The molecule has 0 N–H and O–H groups in total. The highest BCUT2D eigenvalue weighted by atomic mass is 16.2. The third-order valence-electron chi connectivity index (χ3n) is 5.36. The predicted molar refractivity (Wildman–Crippen MR) is 92.6 cm³/mol. The summed E-state index contributed by atoms with van der Waals surface area (Å²) in [6.07, 6.45) is 2.56. The van der Waals surface area contributed by atoms with E-state index in [1.165, 1.54) is 42.1 Å². The van der Waals surface area contributed by atoms with Gasteiger partial charge in [-0.15, -0.1) is 0 Å². The molecule has 8 nitrogen and oxygen atoms in total. The van der Waals surface area contributed by atoms with Gasteiger partial charge in [-0.3, -0.25) is 13.9 Å². The highest BCUT2D eigenvalue weighted by Crippen LogP contribution is 2.26. The van der Waals surface area contributed by atoms with Gasteiger partial charge in [0.1, 0.15) is 0 Å². The van der Waals surface area contributed by atoms with E-state index in [9.17, 15) is 9.59 Å². The molecular formula is C16H24N6O2. The van der Waals surface area contributed by atoms with Crippen molar-refractivity contribution in [3.05, 3.63) is 20.8 Å². The van der Waals surface area contributed by atoms with Crippen molar-refractivity contribution in [3.8, 4) is 0 Å². The van der Waals surface area contributed by atoms with Crippen molar-refractivity contribution in [1.82, 2.24) is 23.6 Å². The molecule has 2 aromatic rings. The van der Waals surface area contributed by atoms with Gasteiger partial charge in [0.15, 0.2) is 11.2 Å². The molecule has 0 amide bonds. The predicted octanol–water partition coefficient (Wildman–Crippen LogP) is -0.404. The second kappa shape index (κ2) is 5.47. The standard InChI is InChI=1S/C16H24N6O2/c1-18-8-11(9-21-6-4-5-7-21)10-22-12-13(17-15(18)22)19(2)16(24)20(3)14(12)23/h11H,4-10H2,1-3H3. The second-order valence-electron chi connectivity index (χ2n) is 7.15. The molecule has 1 atom stereocenters. The molecule has 4 rings (SSSR count). The molecule has 2 aliphatic heterocycles. The maximum Gasteiger partial charge on any atom is 0.332 e.